The van der Waals surface area contributed by atoms with Gasteiger partial charge in [-0.25, -0.2) is 8.78 Å². The SMILES string of the molecule is OCC(CO)(Cc1ccc(Br)cc1F)c1ccc(F)cc1. The van der Waals surface area contributed by atoms with Gasteiger partial charge in [-0.05, 0) is 41.8 Å². The highest BCUT2D eigenvalue weighted by Gasteiger charge is 2.32. The first-order valence-corrected chi connectivity index (χ1v) is 7.22. The van der Waals surface area contributed by atoms with Crippen LogP contribution in [0.15, 0.2) is 46.9 Å². The average Bonchev–Trinajstić information content (AvgIpc) is 2.48. The molecule has 0 aliphatic rings. The fraction of sp³-hybridized carbons (Fsp3) is 0.250. The molecule has 0 aliphatic carbocycles. The van der Waals surface area contributed by atoms with Crippen LogP contribution in [0.25, 0.3) is 0 Å². The van der Waals surface area contributed by atoms with Crippen molar-refractivity contribution >= 4 is 15.9 Å². The zero-order chi connectivity index (χ0) is 15.5. The third-order valence-corrected chi connectivity index (χ3v) is 4.10. The molecule has 0 radical (unpaired) electrons. The molecule has 2 rings (SSSR count). The van der Waals surface area contributed by atoms with Gasteiger partial charge in [0.05, 0.1) is 13.2 Å². The average molecular weight is 357 g/mol. The van der Waals surface area contributed by atoms with Gasteiger partial charge in [0.2, 0.25) is 0 Å². The monoisotopic (exact) mass is 356 g/mol. The van der Waals surface area contributed by atoms with E-state index in [-0.39, 0.29) is 19.6 Å². The van der Waals surface area contributed by atoms with Gasteiger partial charge in [0.15, 0.2) is 0 Å². The third-order valence-electron chi connectivity index (χ3n) is 3.61. The number of rotatable bonds is 5. The molecule has 2 aromatic rings. The van der Waals surface area contributed by atoms with Gasteiger partial charge in [0, 0.05) is 9.89 Å². The van der Waals surface area contributed by atoms with Gasteiger partial charge in [-0.15, -0.1) is 0 Å². The molecule has 0 unspecified atom stereocenters. The van der Waals surface area contributed by atoms with Gasteiger partial charge in [-0.3, -0.25) is 0 Å². The normalized spacial score (nSPS) is 11.7. The molecule has 2 aromatic carbocycles. The molecule has 0 aliphatic heterocycles. The molecule has 0 aromatic heterocycles. The number of aliphatic hydroxyl groups is 2. The first-order chi connectivity index (χ1) is 10.0. The standard InChI is InChI=1S/C16H15BrF2O2/c17-13-4-1-11(15(19)7-13)8-16(9-20,10-21)12-2-5-14(18)6-3-12/h1-7,20-21H,8-10H2. The topological polar surface area (TPSA) is 40.5 Å². The third kappa shape index (κ3) is 3.48. The molecule has 0 spiro atoms. The van der Waals surface area contributed by atoms with Crippen molar-refractivity contribution in [3.63, 3.8) is 0 Å². The Kier molecular flexibility index (Phi) is 5.08. The van der Waals surface area contributed by atoms with E-state index in [1.54, 1.807) is 12.1 Å². The Labute approximate surface area is 130 Å². The van der Waals surface area contributed by atoms with Crippen LogP contribution < -0.4 is 0 Å². The van der Waals surface area contributed by atoms with Crippen molar-refractivity contribution in [2.75, 3.05) is 13.2 Å². The highest BCUT2D eigenvalue weighted by Crippen LogP contribution is 2.30. The molecular weight excluding hydrogens is 342 g/mol. The van der Waals surface area contributed by atoms with Gasteiger partial charge >= 0.3 is 0 Å². The summed E-state index contributed by atoms with van der Waals surface area (Å²) in [7, 11) is 0. The van der Waals surface area contributed by atoms with E-state index in [2.05, 4.69) is 15.9 Å². The van der Waals surface area contributed by atoms with Gasteiger partial charge in [0.1, 0.15) is 11.6 Å². The lowest BCUT2D eigenvalue weighted by Gasteiger charge is -2.30. The molecule has 0 bridgehead atoms. The van der Waals surface area contributed by atoms with Gasteiger partial charge in [0.25, 0.3) is 0 Å². The Hall–Kier alpha value is -1.30. The summed E-state index contributed by atoms with van der Waals surface area (Å²) in [5.41, 5.74) is -0.107. The molecule has 2 nitrogen and oxygen atoms in total. The van der Waals surface area contributed by atoms with E-state index in [1.165, 1.54) is 30.3 Å². The van der Waals surface area contributed by atoms with E-state index in [4.69, 9.17) is 0 Å². The molecule has 112 valence electrons. The molecule has 0 saturated carbocycles. The molecular formula is C16H15BrF2O2. The number of hydrogen-bond acceptors (Lipinski definition) is 2. The number of aliphatic hydroxyl groups excluding tert-OH is 2. The van der Waals surface area contributed by atoms with Crippen molar-refractivity contribution in [1.29, 1.82) is 0 Å². The second-order valence-corrected chi connectivity index (χ2v) is 5.93. The van der Waals surface area contributed by atoms with Gasteiger partial charge < -0.3 is 10.2 Å². The minimum atomic E-state index is -1.05. The van der Waals surface area contributed by atoms with Gasteiger partial charge in [-0.1, -0.05) is 34.1 Å². The molecule has 0 atom stereocenters. The zero-order valence-corrected chi connectivity index (χ0v) is 12.8. The number of benzene rings is 2. The van der Waals surface area contributed by atoms with Crippen molar-refractivity contribution in [1.82, 2.24) is 0 Å². The first-order valence-electron chi connectivity index (χ1n) is 6.42. The second-order valence-electron chi connectivity index (χ2n) is 5.02. The van der Waals surface area contributed by atoms with Crippen molar-refractivity contribution in [3.8, 4) is 0 Å². The number of halogens is 3. The Bertz CT molecular complexity index is 610. The minimum Gasteiger partial charge on any atom is -0.395 e. The largest absolute Gasteiger partial charge is 0.395 e. The second kappa shape index (κ2) is 6.64. The van der Waals surface area contributed by atoms with Crippen LogP contribution in [0.2, 0.25) is 0 Å². The minimum absolute atomic E-state index is 0.116. The molecule has 21 heavy (non-hydrogen) atoms. The van der Waals surface area contributed by atoms with Crippen LogP contribution in [0.3, 0.4) is 0 Å². The summed E-state index contributed by atoms with van der Waals surface area (Å²) in [6.07, 6.45) is 0.116. The van der Waals surface area contributed by atoms with Gasteiger partial charge in [-0.2, -0.15) is 0 Å². The Morgan fingerprint density at radius 1 is 0.952 bits per heavy atom. The van der Waals surface area contributed by atoms with Crippen LogP contribution in [-0.4, -0.2) is 23.4 Å². The summed E-state index contributed by atoms with van der Waals surface area (Å²) in [5.74, 6) is -0.823. The molecule has 5 heteroatoms. The van der Waals surface area contributed by atoms with Crippen molar-refractivity contribution in [2.24, 2.45) is 0 Å². The van der Waals surface area contributed by atoms with Crippen LogP contribution in [-0.2, 0) is 11.8 Å². The van der Waals surface area contributed by atoms with E-state index < -0.39 is 17.0 Å². The van der Waals surface area contributed by atoms with Crippen molar-refractivity contribution in [3.05, 3.63) is 69.7 Å². The fourth-order valence-electron chi connectivity index (χ4n) is 2.28. The van der Waals surface area contributed by atoms with E-state index in [0.717, 1.165) is 0 Å². The lowest BCUT2D eigenvalue weighted by Crippen LogP contribution is -2.37. The van der Waals surface area contributed by atoms with E-state index in [1.807, 2.05) is 0 Å². The summed E-state index contributed by atoms with van der Waals surface area (Å²) in [5, 5.41) is 19.4. The summed E-state index contributed by atoms with van der Waals surface area (Å²) >= 11 is 3.18. The van der Waals surface area contributed by atoms with Crippen LogP contribution in [0.4, 0.5) is 8.78 Å². The molecule has 0 amide bonds. The Morgan fingerprint density at radius 2 is 1.57 bits per heavy atom. The lowest BCUT2D eigenvalue weighted by atomic mass is 9.76. The van der Waals surface area contributed by atoms with E-state index in [9.17, 15) is 19.0 Å². The molecule has 0 saturated heterocycles. The summed E-state index contributed by atoms with van der Waals surface area (Å²) in [4.78, 5) is 0. The van der Waals surface area contributed by atoms with Crippen LogP contribution in [0, 0.1) is 11.6 Å². The summed E-state index contributed by atoms with van der Waals surface area (Å²) < 4.78 is 27.6. The Balaban J connectivity index is 2.40. The summed E-state index contributed by atoms with van der Waals surface area (Å²) in [6, 6.07) is 10.1. The quantitative estimate of drug-likeness (QED) is 0.863. The Morgan fingerprint density at radius 3 is 2.10 bits per heavy atom. The summed E-state index contributed by atoms with van der Waals surface area (Å²) in [6.45, 7) is -0.741. The van der Waals surface area contributed by atoms with Crippen LogP contribution in [0.5, 0.6) is 0 Å². The van der Waals surface area contributed by atoms with Crippen molar-refractivity contribution < 1.29 is 19.0 Å². The predicted molar refractivity (Wildman–Crippen MR) is 80.1 cm³/mol. The van der Waals surface area contributed by atoms with Crippen molar-refractivity contribution in [2.45, 2.75) is 11.8 Å². The lowest BCUT2D eigenvalue weighted by molar-refractivity contribution is 0.115. The number of hydrogen-bond donors (Lipinski definition) is 2. The predicted octanol–water partition coefficient (Wildman–Crippen LogP) is 3.19. The van der Waals surface area contributed by atoms with E-state index in [0.29, 0.717) is 15.6 Å². The maximum Gasteiger partial charge on any atom is 0.127 e. The van der Waals surface area contributed by atoms with E-state index >= 15 is 0 Å². The maximum atomic E-state index is 14.0. The first kappa shape index (κ1) is 16.1. The maximum absolute atomic E-state index is 14.0. The molecule has 0 heterocycles. The molecule has 0 fully saturated rings. The van der Waals surface area contributed by atoms with Crippen LogP contribution >= 0.6 is 15.9 Å². The molecule has 2 N–H and O–H groups in total. The highest BCUT2D eigenvalue weighted by atomic mass is 79.9. The fourth-order valence-corrected chi connectivity index (χ4v) is 2.61. The van der Waals surface area contributed by atoms with Crippen LogP contribution in [0.1, 0.15) is 11.1 Å². The zero-order valence-electron chi connectivity index (χ0n) is 11.2. The highest BCUT2D eigenvalue weighted by molar-refractivity contribution is 9.10. The smallest absolute Gasteiger partial charge is 0.127 e.